The molecule has 118 valence electrons. The highest BCUT2D eigenvalue weighted by Gasteiger charge is 2.26. The summed E-state index contributed by atoms with van der Waals surface area (Å²) in [5.74, 6) is 0.380. The van der Waals surface area contributed by atoms with Crippen LogP contribution < -0.4 is 10.2 Å². The smallest absolute Gasteiger partial charge is 0.244 e. The first-order valence-corrected chi connectivity index (χ1v) is 8.58. The van der Waals surface area contributed by atoms with Crippen molar-refractivity contribution in [1.29, 1.82) is 0 Å². The van der Waals surface area contributed by atoms with E-state index in [4.69, 9.17) is 11.6 Å². The van der Waals surface area contributed by atoms with Gasteiger partial charge >= 0.3 is 0 Å². The van der Waals surface area contributed by atoms with Gasteiger partial charge in [0, 0.05) is 17.1 Å². The maximum absolute atomic E-state index is 12.5. The molecule has 1 heterocycles. The Morgan fingerprint density at radius 3 is 2.74 bits per heavy atom. The maximum atomic E-state index is 12.5. The molecule has 6 heteroatoms. The van der Waals surface area contributed by atoms with E-state index in [2.05, 4.69) is 5.32 Å². The van der Waals surface area contributed by atoms with Crippen LogP contribution in [0.3, 0.4) is 0 Å². The van der Waals surface area contributed by atoms with Crippen LogP contribution in [0.5, 0.6) is 0 Å². The molecule has 0 unspecified atom stereocenters. The van der Waals surface area contributed by atoms with Crippen LogP contribution in [-0.2, 0) is 9.59 Å². The Hall–Kier alpha value is -1.98. The largest absolute Gasteiger partial charge is 0.323 e. The summed E-state index contributed by atoms with van der Waals surface area (Å²) in [5.41, 5.74) is 1.43. The second-order valence-corrected chi connectivity index (χ2v) is 6.62. The molecule has 0 spiro atoms. The molecule has 0 radical (unpaired) electrons. The van der Waals surface area contributed by atoms with Crippen LogP contribution >= 0.6 is 23.4 Å². The van der Waals surface area contributed by atoms with E-state index in [1.165, 1.54) is 0 Å². The lowest BCUT2D eigenvalue weighted by Crippen LogP contribution is -2.42. The zero-order valence-electron chi connectivity index (χ0n) is 12.3. The summed E-state index contributed by atoms with van der Waals surface area (Å²) in [5, 5.41) is 3.47. The Morgan fingerprint density at radius 1 is 1.17 bits per heavy atom. The molecular weight excluding hydrogens is 332 g/mol. The number of hydrogen-bond donors (Lipinski definition) is 1. The van der Waals surface area contributed by atoms with Gasteiger partial charge in [-0.1, -0.05) is 35.9 Å². The fourth-order valence-corrected chi connectivity index (χ4v) is 3.58. The molecular formula is C17H15ClN2O2S. The fourth-order valence-electron chi connectivity index (χ4n) is 2.40. The Morgan fingerprint density at radius 2 is 1.91 bits per heavy atom. The number of carbonyl (C=O) groups is 2. The molecule has 23 heavy (non-hydrogen) atoms. The van der Waals surface area contributed by atoms with Gasteiger partial charge < -0.3 is 10.2 Å². The topological polar surface area (TPSA) is 49.4 Å². The van der Waals surface area contributed by atoms with Crippen molar-refractivity contribution in [3.63, 3.8) is 0 Å². The number of nitrogens with one attached hydrogen (secondary N) is 1. The van der Waals surface area contributed by atoms with E-state index in [0.717, 1.165) is 10.6 Å². The first-order chi connectivity index (χ1) is 11.1. The van der Waals surface area contributed by atoms with Crippen molar-refractivity contribution in [2.75, 3.05) is 22.5 Å². The normalized spacial score (nSPS) is 13.4. The van der Waals surface area contributed by atoms with Gasteiger partial charge in [0.05, 0.1) is 16.4 Å². The Kier molecular flexibility index (Phi) is 4.88. The number of anilines is 2. The van der Waals surface area contributed by atoms with Gasteiger partial charge in [-0.25, -0.2) is 0 Å². The molecule has 0 aromatic heterocycles. The van der Waals surface area contributed by atoms with E-state index in [0.29, 0.717) is 22.9 Å². The zero-order chi connectivity index (χ0) is 16.2. The number of para-hydroxylation sites is 2. The van der Waals surface area contributed by atoms with Crippen LogP contribution in [0.25, 0.3) is 0 Å². The van der Waals surface area contributed by atoms with E-state index >= 15 is 0 Å². The highest BCUT2D eigenvalue weighted by Crippen LogP contribution is 2.30. The summed E-state index contributed by atoms with van der Waals surface area (Å²) in [4.78, 5) is 26.7. The van der Waals surface area contributed by atoms with Crippen molar-refractivity contribution in [2.24, 2.45) is 0 Å². The Bertz CT molecular complexity index is 751. The standard InChI is InChI=1S/C17H15ClN2O2S/c18-12-5-1-4-8-15(12)23-10-9-17(22)20-11-16(21)19-13-6-2-3-7-14(13)20/h1-8H,9-11H2,(H,19,21). The summed E-state index contributed by atoms with van der Waals surface area (Å²) in [7, 11) is 0. The van der Waals surface area contributed by atoms with Gasteiger partial charge in [-0.05, 0) is 24.3 Å². The highest BCUT2D eigenvalue weighted by atomic mass is 35.5. The molecule has 0 fully saturated rings. The Labute approximate surface area is 143 Å². The molecule has 4 nitrogen and oxygen atoms in total. The number of amides is 2. The molecule has 2 aromatic rings. The third kappa shape index (κ3) is 3.68. The molecule has 1 aliphatic heterocycles. The average Bonchev–Trinajstić information content (AvgIpc) is 2.55. The molecule has 0 atom stereocenters. The molecule has 0 bridgehead atoms. The zero-order valence-corrected chi connectivity index (χ0v) is 13.9. The molecule has 0 aliphatic carbocycles. The van der Waals surface area contributed by atoms with Gasteiger partial charge in [-0.15, -0.1) is 11.8 Å². The number of benzene rings is 2. The van der Waals surface area contributed by atoms with Gasteiger partial charge in [-0.2, -0.15) is 0 Å². The minimum atomic E-state index is -0.171. The molecule has 2 amide bonds. The summed E-state index contributed by atoms with van der Waals surface area (Å²) >= 11 is 7.65. The second-order valence-electron chi connectivity index (χ2n) is 5.07. The first-order valence-electron chi connectivity index (χ1n) is 7.22. The number of nitrogens with zero attached hydrogens (tertiary/aromatic N) is 1. The monoisotopic (exact) mass is 346 g/mol. The summed E-state index contributed by atoms with van der Waals surface area (Å²) in [6.45, 7) is 0.0621. The van der Waals surface area contributed by atoms with Crippen LogP contribution in [-0.4, -0.2) is 24.1 Å². The molecule has 1 aliphatic rings. The van der Waals surface area contributed by atoms with Gasteiger partial charge in [0.25, 0.3) is 0 Å². The van der Waals surface area contributed by atoms with Gasteiger partial charge in [0.15, 0.2) is 0 Å². The van der Waals surface area contributed by atoms with Crippen LogP contribution in [0.15, 0.2) is 53.4 Å². The highest BCUT2D eigenvalue weighted by molar-refractivity contribution is 7.99. The van der Waals surface area contributed by atoms with Crippen molar-refractivity contribution < 1.29 is 9.59 Å². The van der Waals surface area contributed by atoms with Crippen molar-refractivity contribution in [3.8, 4) is 0 Å². The van der Waals surface area contributed by atoms with E-state index in [9.17, 15) is 9.59 Å². The number of carbonyl (C=O) groups excluding carboxylic acids is 2. The van der Waals surface area contributed by atoms with E-state index in [1.54, 1.807) is 22.7 Å². The van der Waals surface area contributed by atoms with Crippen molar-refractivity contribution in [2.45, 2.75) is 11.3 Å². The second kappa shape index (κ2) is 7.06. The van der Waals surface area contributed by atoms with Crippen molar-refractivity contribution in [1.82, 2.24) is 0 Å². The van der Waals surface area contributed by atoms with E-state index in [-0.39, 0.29) is 18.4 Å². The SMILES string of the molecule is O=C1CN(C(=O)CCSc2ccccc2Cl)c2ccccc2N1. The van der Waals surface area contributed by atoms with Crippen LogP contribution in [0.2, 0.25) is 5.02 Å². The third-order valence-corrected chi connectivity index (χ3v) is 5.00. The lowest BCUT2D eigenvalue weighted by Gasteiger charge is -2.29. The van der Waals surface area contributed by atoms with Crippen LogP contribution in [0.4, 0.5) is 11.4 Å². The molecule has 0 saturated heterocycles. The first kappa shape index (κ1) is 15.9. The summed E-state index contributed by atoms with van der Waals surface area (Å²) < 4.78 is 0. The minimum Gasteiger partial charge on any atom is -0.323 e. The number of thioether (sulfide) groups is 1. The number of rotatable bonds is 4. The predicted octanol–water partition coefficient (Wildman–Crippen LogP) is 3.81. The Balaban J connectivity index is 1.65. The summed E-state index contributed by atoms with van der Waals surface area (Å²) in [6.07, 6.45) is 0.345. The minimum absolute atomic E-state index is 0.0621. The van der Waals surface area contributed by atoms with Gasteiger partial charge in [-0.3, -0.25) is 9.59 Å². The van der Waals surface area contributed by atoms with E-state index in [1.807, 2.05) is 42.5 Å². The van der Waals surface area contributed by atoms with Gasteiger partial charge in [0.1, 0.15) is 6.54 Å². The van der Waals surface area contributed by atoms with Crippen LogP contribution in [0, 0.1) is 0 Å². The molecule has 0 saturated carbocycles. The number of halogens is 1. The van der Waals surface area contributed by atoms with Gasteiger partial charge in [0.2, 0.25) is 11.8 Å². The molecule has 3 rings (SSSR count). The van der Waals surface area contributed by atoms with Crippen molar-refractivity contribution >= 4 is 46.6 Å². The maximum Gasteiger partial charge on any atom is 0.244 e. The number of fused-ring (bicyclic) bond motifs is 1. The fraction of sp³-hybridized carbons (Fsp3) is 0.176. The molecule has 2 aromatic carbocycles. The summed E-state index contributed by atoms with van der Waals surface area (Å²) in [6, 6.07) is 14.9. The quantitative estimate of drug-likeness (QED) is 0.856. The molecule has 1 N–H and O–H groups in total. The number of hydrogen-bond acceptors (Lipinski definition) is 3. The van der Waals surface area contributed by atoms with Crippen molar-refractivity contribution in [3.05, 3.63) is 53.6 Å². The average molecular weight is 347 g/mol. The van der Waals surface area contributed by atoms with Crippen LogP contribution in [0.1, 0.15) is 6.42 Å². The lowest BCUT2D eigenvalue weighted by molar-refractivity contribution is -0.121. The lowest BCUT2D eigenvalue weighted by atomic mass is 10.2. The van der Waals surface area contributed by atoms with E-state index < -0.39 is 0 Å². The predicted molar refractivity (Wildman–Crippen MR) is 94.2 cm³/mol. The third-order valence-electron chi connectivity index (χ3n) is 3.48.